The molecule has 0 aromatic heterocycles. The first-order chi connectivity index (χ1) is 9.88. The molecule has 0 aliphatic carbocycles. The monoisotopic (exact) mass is 327 g/mol. The average molecular weight is 328 g/mol. The van der Waals surface area contributed by atoms with Crippen LogP contribution in [-0.2, 0) is 0 Å². The predicted octanol–water partition coefficient (Wildman–Crippen LogP) is 4.39. The number of aromatic carboxylic acids is 1. The number of carboxylic acids is 1. The van der Waals surface area contributed by atoms with E-state index < -0.39 is 16.6 Å². The lowest BCUT2D eigenvalue weighted by atomic mass is 10.2. The number of nitrogens with zero attached hydrogens (tertiary/aromatic N) is 1. The highest BCUT2D eigenvalue weighted by atomic mass is 35.5. The summed E-state index contributed by atoms with van der Waals surface area (Å²) in [5.41, 5.74) is -0.663. The fourth-order valence-electron chi connectivity index (χ4n) is 1.55. The summed E-state index contributed by atoms with van der Waals surface area (Å²) in [7, 11) is 0. The molecule has 2 rings (SSSR count). The van der Waals surface area contributed by atoms with Crippen molar-refractivity contribution in [3.63, 3.8) is 0 Å². The van der Waals surface area contributed by atoms with Crippen LogP contribution in [0.3, 0.4) is 0 Å². The third kappa shape index (κ3) is 3.42. The van der Waals surface area contributed by atoms with E-state index in [0.717, 1.165) is 6.07 Å². The number of carbonyl (C=O) groups is 1. The van der Waals surface area contributed by atoms with Crippen LogP contribution in [-0.4, -0.2) is 16.0 Å². The van der Waals surface area contributed by atoms with Crippen LogP contribution in [0.25, 0.3) is 0 Å². The van der Waals surface area contributed by atoms with Gasteiger partial charge in [-0.3, -0.25) is 10.1 Å². The van der Waals surface area contributed by atoms with Crippen LogP contribution in [0, 0.1) is 10.1 Å². The molecular weight excluding hydrogens is 321 g/mol. The molecule has 21 heavy (non-hydrogen) atoms. The minimum Gasteiger partial charge on any atom is -0.478 e. The molecule has 0 spiro atoms. The van der Waals surface area contributed by atoms with Crippen LogP contribution in [0.4, 0.5) is 5.69 Å². The number of nitro groups is 1. The van der Waals surface area contributed by atoms with Crippen molar-refractivity contribution in [3.05, 3.63) is 62.1 Å². The Balaban J connectivity index is 2.41. The van der Waals surface area contributed by atoms with Crippen molar-refractivity contribution >= 4 is 34.9 Å². The van der Waals surface area contributed by atoms with E-state index in [1.165, 1.54) is 30.3 Å². The van der Waals surface area contributed by atoms with E-state index in [4.69, 9.17) is 33.0 Å². The number of ether oxygens (including phenoxy) is 1. The van der Waals surface area contributed by atoms with Crippen LogP contribution in [0.1, 0.15) is 10.4 Å². The molecule has 0 fully saturated rings. The fourth-order valence-corrected chi connectivity index (χ4v) is 1.83. The van der Waals surface area contributed by atoms with Crippen LogP contribution < -0.4 is 4.74 Å². The lowest BCUT2D eigenvalue weighted by Crippen LogP contribution is -2.00. The summed E-state index contributed by atoms with van der Waals surface area (Å²) in [6.45, 7) is 0. The highest BCUT2D eigenvalue weighted by molar-refractivity contribution is 6.42. The third-order valence-corrected chi connectivity index (χ3v) is 3.26. The lowest BCUT2D eigenvalue weighted by Gasteiger charge is -2.07. The first-order valence-electron chi connectivity index (χ1n) is 5.53. The molecule has 2 aromatic carbocycles. The fraction of sp³-hybridized carbons (Fsp3) is 0. The van der Waals surface area contributed by atoms with Gasteiger partial charge in [-0.15, -0.1) is 0 Å². The van der Waals surface area contributed by atoms with Gasteiger partial charge in [-0.25, -0.2) is 4.79 Å². The number of hydrogen-bond acceptors (Lipinski definition) is 4. The number of rotatable bonds is 4. The van der Waals surface area contributed by atoms with Gasteiger partial charge in [0.2, 0.25) is 5.75 Å². The number of benzene rings is 2. The maximum atomic E-state index is 11.0. The summed E-state index contributed by atoms with van der Waals surface area (Å²) < 4.78 is 5.36. The Hall–Kier alpha value is -2.31. The highest BCUT2D eigenvalue weighted by Crippen LogP contribution is 2.34. The van der Waals surface area contributed by atoms with Gasteiger partial charge < -0.3 is 9.84 Å². The molecular formula is C13H7Cl2NO5. The van der Waals surface area contributed by atoms with Crippen molar-refractivity contribution < 1.29 is 19.6 Å². The molecule has 0 amide bonds. The molecule has 0 bridgehead atoms. The maximum absolute atomic E-state index is 11.0. The molecule has 2 aromatic rings. The maximum Gasteiger partial charge on any atom is 0.335 e. The molecule has 0 aliphatic rings. The molecule has 0 unspecified atom stereocenters. The Labute approximate surface area is 128 Å². The molecule has 0 saturated heterocycles. The van der Waals surface area contributed by atoms with Gasteiger partial charge in [0.1, 0.15) is 5.75 Å². The van der Waals surface area contributed by atoms with E-state index in [1.54, 1.807) is 0 Å². The standard InChI is InChI=1S/C13H7Cl2NO5/c14-9-3-2-8(6-10(9)15)21-12-4-1-7(13(17)18)5-11(12)16(19)20/h1-6H,(H,17,18). The Morgan fingerprint density at radius 2 is 1.86 bits per heavy atom. The SMILES string of the molecule is O=C(O)c1ccc(Oc2ccc(Cl)c(Cl)c2)c([N+](=O)[O-])c1. The van der Waals surface area contributed by atoms with Gasteiger partial charge in [0.05, 0.1) is 20.5 Å². The Morgan fingerprint density at radius 3 is 2.43 bits per heavy atom. The molecule has 1 N–H and O–H groups in total. The molecule has 8 heteroatoms. The van der Waals surface area contributed by atoms with E-state index >= 15 is 0 Å². The first-order valence-corrected chi connectivity index (χ1v) is 6.28. The predicted molar refractivity (Wildman–Crippen MR) is 76.6 cm³/mol. The van der Waals surface area contributed by atoms with Gasteiger partial charge >= 0.3 is 11.7 Å². The van der Waals surface area contributed by atoms with E-state index in [1.807, 2.05) is 0 Å². The minimum atomic E-state index is -1.26. The van der Waals surface area contributed by atoms with Crippen molar-refractivity contribution in [1.82, 2.24) is 0 Å². The quantitative estimate of drug-likeness (QED) is 0.664. The second kappa shape index (κ2) is 5.99. The van der Waals surface area contributed by atoms with Crippen molar-refractivity contribution in [1.29, 1.82) is 0 Å². The largest absolute Gasteiger partial charge is 0.478 e. The van der Waals surface area contributed by atoms with Crippen molar-refractivity contribution in [2.24, 2.45) is 0 Å². The molecule has 6 nitrogen and oxygen atoms in total. The second-order valence-electron chi connectivity index (χ2n) is 3.92. The van der Waals surface area contributed by atoms with Crippen molar-refractivity contribution in [3.8, 4) is 11.5 Å². The molecule has 0 aliphatic heterocycles. The van der Waals surface area contributed by atoms with Gasteiger partial charge in [0.25, 0.3) is 0 Å². The first kappa shape index (κ1) is 15.1. The summed E-state index contributed by atoms with van der Waals surface area (Å²) in [6.07, 6.45) is 0. The van der Waals surface area contributed by atoms with Crippen LogP contribution in [0.2, 0.25) is 10.0 Å². The van der Waals surface area contributed by atoms with Crippen molar-refractivity contribution in [2.75, 3.05) is 0 Å². The Bertz CT molecular complexity index is 732. The van der Waals surface area contributed by atoms with Gasteiger partial charge in [-0.05, 0) is 24.3 Å². The molecule has 0 radical (unpaired) electrons. The zero-order valence-electron chi connectivity index (χ0n) is 10.2. The number of halogens is 2. The minimum absolute atomic E-state index is 0.0941. The average Bonchev–Trinajstić information content (AvgIpc) is 2.43. The highest BCUT2D eigenvalue weighted by Gasteiger charge is 2.19. The number of carboxylic acid groups (broad SMARTS) is 1. The van der Waals surface area contributed by atoms with E-state index in [0.29, 0.717) is 5.02 Å². The van der Waals surface area contributed by atoms with E-state index in [2.05, 4.69) is 0 Å². The molecule has 0 atom stereocenters. The molecule has 108 valence electrons. The number of nitro benzene ring substituents is 1. The summed E-state index contributed by atoms with van der Waals surface area (Å²) >= 11 is 11.6. The molecule has 0 heterocycles. The normalized spacial score (nSPS) is 10.2. The summed E-state index contributed by atoms with van der Waals surface area (Å²) in [5.74, 6) is -1.11. The smallest absolute Gasteiger partial charge is 0.335 e. The zero-order valence-corrected chi connectivity index (χ0v) is 11.8. The zero-order chi connectivity index (χ0) is 15.6. The summed E-state index contributed by atoms with van der Waals surface area (Å²) in [6, 6.07) is 7.72. The van der Waals surface area contributed by atoms with Gasteiger partial charge in [-0.2, -0.15) is 0 Å². The lowest BCUT2D eigenvalue weighted by molar-refractivity contribution is -0.385. The van der Waals surface area contributed by atoms with Gasteiger partial charge in [0.15, 0.2) is 0 Å². The van der Waals surface area contributed by atoms with Crippen LogP contribution >= 0.6 is 23.2 Å². The van der Waals surface area contributed by atoms with Crippen LogP contribution in [0.15, 0.2) is 36.4 Å². The topological polar surface area (TPSA) is 89.7 Å². The second-order valence-corrected chi connectivity index (χ2v) is 4.74. The summed E-state index contributed by atoms with van der Waals surface area (Å²) in [5, 5.41) is 20.4. The Kier molecular flexibility index (Phi) is 4.30. The van der Waals surface area contributed by atoms with Crippen LogP contribution in [0.5, 0.6) is 11.5 Å². The number of hydrogen-bond donors (Lipinski definition) is 1. The Morgan fingerprint density at radius 1 is 1.14 bits per heavy atom. The van der Waals surface area contributed by atoms with E-state index in [-0.39, 0.29) is 22.1 Å². The van der Waals surface area contributed by atoms with Gasteiger partial charge in [0, 0.05) is 12.1 Å². The summed E-state index contributed by atoms with van der Waals surface area (Å²) in [4.78, 5) is 21.1. The van der Waals surface area contributed by atoms with Gasteiger partial charge in [-0.1, -0.05) is 23.2 Å². The molecule has 0 saturated carbocycles. The van der Waals surface area contributed by atoms with Crippen molar-refractivity contribution in [2.45, 2.75) is 0 Å². The third-order valence-electron chi connectivity index (χ3n) is 2.52. The van der Waals surface area contributed by atoms with E-state index in [9.17, 15) is 14.9 Å².